The van der Waals surface area contributed by atoms with Crippen LogP contribution in [0.1, 0.15) is 5.56 Å². The van der Waals surface area contributed by atoms with Crippen molar-refractivity contribution in [3.63, 3.8) is 0 Å². The maximum absolute atomic E-state index is 5.46. The number of nitrogens with zero attached hydrogens (tertiary/aromatic N) is 6. The first kappa shape index (κ1) is 15.8. The highest BCUT2D eigenvalue weighted by molar-refractivity contribution is 5.73. The second kappa shape index (κ2) is 6.33. The third-order valence-electron chi connectivity index (χ3n) is 4.49. The number of fused-ring (bicyclic) bond motifs is 1. The zero-order chi connectivity index (χ0) is 17.4. The highest BCUT2D eigenvalue weighted by Crippen LogP contribution is 2.30. The van der Waals surface area contributed by atoms with E-state index in [1.54, 1.807) is 0 Å². The number of hydrogen-bond acceptors (Lipinski definition) is 6. The van der Waals surface area contributed by atoms with Crippen molar-refractivity contribution in [1.29, 1.82) is 0 Å². The van der Waals surface area contributed by atoms with Crippen LogP contribution in [0, 0.1) is 6.92 Å². The lowest BCUT2D eigenvalue weighted by molar-refractivity contribution is 0.122. The maximum Gasteiger partial charge on any atom is 0.234 e. The van der Waals surface area contributed by atoms with Crippen LogP contribution in [0.15, 0.2) is 30.3 Å². The normalized spacial score (nSPS) is 14.9. The van der Waals surface area contributed by atoms with Crippen molar-refractivity contribution in [3.8, 4) is 11.3 Å². The second-order valence-electron chi connectivity index (χ2n) is 6.40. The third-order valence-corrected chi connectivity index (χ3v) is 4.49. The summed E-state index contributed by atoms with van der Waals surface area (Å²) in [5.41, 5.74) is 3.90. The molecule has 0 radical (unpaired) electrons. The van der Waals surface area contributed by atoms with E-state index in [1.165, 1.54) is 0 Å². The van der Waals surface area contributed by atoms with Gasteiger partial charge in [-0.25, -0.2) is 9.38 Å². The van der Waals surface area contributed by atoms with Crippen LogP contribution in [-0.2, 0) is 4.74 Å². The van der Waals surface area contributed by atoms with Crippen molar-refractivity contribution in [2.24, 2.45) is 0 Å². The van der Waals surface area contributed by atoms with E-state index in [1.807, 2.05) is 41.6 Å². The van der Waals surface area contributed by atoms with E-state index >= 15 is 0 Å². The molecule has 3 aromatic rings. The van der Waals surface area contributed by atoms with Crippen molar-refractivity contribution in [3.05, 3.63) is 35.9 Å². The number of anilines is 2. The molecular weight excluding hydrogens is 316 g/mol. The Morgan fingerprint density at radius 3 is 2.44 bits per heavy atom. The van der Waals surface area contributed by atoms with Crippen molar-refractivity contribution in [1.82, 2.24) is 19.6 Å². The van der Waals surface area contributed by atoms with E-state index in [0.29, 0.717) is 13.2 Å². The zero-order valence-corrected chi connectivity index (χ0v) is 14.8. The van der Waals surface area contributed by atoms with Gasteiger partial charge in [0.1, 0.15) is 0 Å². The molecule has 7 heteroatoms. The molecule has 1 aliphatic rings. The number of ether oxygens (including phenoxy) is 1. The zero-order valence-electron chi connectivity index (χ0n) is 14.8. The molecule has 0 saturated carbocycles. The van der Waals surface area contributed by atoms with Gasteiger partial charge in [-0.05, 0) is 6.92 Å². The quantitative estimate of drug-likeness (QED) is 0.728. The predicted molar refractivity (Wildman–Crippen MR) is 98.3 cm³/mol. The van der Waals surface area contributed by atoms with Crippen LogP contribution in [0.25, 0.3) is 16.9 Å². The van der Waals surface area contributed by atoms with E-state index in [-0.39, 0.29) is 0 Å². The molecule has 0 amide bonds. The molecule has 7 nitrogen and oxygen atoms in total. The van der Waals surface area contributed by atoms with Crippen LogP contribution in [-0.4, -0.2) is 60.0 Å². The Bertz CT molecular complexity index is 883. The maximum atomic E-state index is 5.46. The molecule has 0 atom stereocenters. The lowest BCUT2D eigenvalue weighted by Gasteiger charge is -2.27. The minimum absolute atomic E-state index is 0.709. The molecule has 0 bridgehead atoms. The Hall–Kier alpha value is -2.67. The molecule has 4 rings (SSSR count). The molecule has 25 heavy (non-hydrogen) atoms. The monoisotopic (exact) mass is 338 g/mol. The van der Waals surface area contributed by atoms with Crippen molar-refractivity contribution < 1.29 is 4.74 Å². The molecule has 0 unspecified atom stereocenters. The van der Waals surface area contributed by atoms with Gasteiger partial charge in [0.15, 0.2) is 5.65 Å². The van der Waals surface area contributed by atoms with Gasteiger partial charge in [-0.15, -0.1) is 10.2 Å². The SMILES string of the molecule is Cc1c(-c2ccccc2)nc(N(C)C)n2c(N3CCOCC3)nnc12. The van der Waals surface area contributed by atoms with Gasteiger partial charge in [0.25, 0.3) is 0 Å². The van der Waals surface area contributed by atoms with Crippen LogP contribution in [0.3, 0.4) is 0 Å². The van der Waals surface area contributed by atoms with Crippen LogP contribution in [0.5, 0.6) is 0 Å². The third kappa shape index (κ3) is 2.70. The molecular formula is C18H22N6O. The summed E-state index contributed by atoms with van der Waals surface area (Å²) in [6.45, 7) is 5.10. The lowest BCUT2D eigenvalue weighted by atomic mass is 10.1. The van der Waals surface area contributed by atoms with Crippen molar-refractivity contribution >= 4 is 17.5 Å². The van der Waals surface area contributed by atoms with E-state index in [0.717, 1.165) is 47.5 Å². The minimum Gasteiger partial charge on any atom is -0.378 e. The highest BCUT2D eigenvalue weighted by atomic mass is 16.5. The van der Waals surface area contributed by atoms with E-state index in [2.05, 4.69) is 34.2 Å². The topological polar surface area (TPSA) is 58.8 Å². The average molecular weight is 338 g/mol. The fourth-order valence-corrected chi connectivity index (χ4v) is 3.19. The van der Waals surface area contributed by atoms with E-state index < -0.39 is 0 Å². The summed E-state index contributed by atoms with van der Waals surface area (Å²) in [7, 11) is 3.99. The first-order valence-corrected chi connectivity index (χ1v) is 8.48. The van der Waals surface area contributed by atoms with E-state index in [4.69, 9.17) is 9.72 Å². The molecule has 1 aliphatic heterocycles. The van der Waals surface area contributed by atoms with Gasteiger partial charge in [0.2, 0.25) is 11.9 Å². The van der Waals surface area contributed by atoms with Crippen molar-refractivity contribution in [2.75, 3.05) is 50.2 Å². The van der Waals surface area contributed by atoms with Gasteiger partial charge in [-0.3, -0.25) is 0 Å². The summed E-state index contributed by atoms with van der Waals surface area (Å²) in [5, 5.41) is 8.96. The Kier molecular flexibility index (Phi) is 4.01. The summed E-state index contributed by atoms with van der Waals surface area (Å²) in [6, 6.07) is 10.2. The van der Waals surface area contributed by atoms with Crippen LogP contribution in [0.2, 0.25) is 0 Å². The van der Waals surface area contributed by atoms with Gasteiger partial charge in [0.05, 0.1) is 18.9 Å². The Balaban J connectivity index is 1.94. The Morgan fingerprint density at radius 1 is 1.04 bits per heavy atom. The summed E-state index contributed by atoms with van der Waals surface area (Å²) in [4.78, 5) is 9.16. The summed E-state index contributed by atoms with van der Waals surface area (Å²) < 4.78 is 7.51. The fourth-order valence-electron chi connectivity index (χ4n) is 3.19. The van der Waals surface area contributed by atoms with Gasteiger partial charge >= 0.3 is 0 Å². The molecule has 130 valence electrons. The predicted octanol–water partition coefficient (Wildman–Crippen LogP) is 2.00. The Labute approximate surface area is 146 Å². The first-order chi connectivity index (χ1) is 12.2. The van der Waals surface area contributed by atoms with E-state index in [9.17, 15) is 0 Å². The number of aryl methyl sites for hydroxylation is 1. The fraction of sp³-hybridized carbons (Fsp3) is 0.389. The van der Waals surface area contributed by atoms with Crippen LogP contribution < -0.4 is 9.80 Å². The number of morpholine rings is 1. The van der Waals surface area contributed by atoms with Gasteiger partial charge in [-0.2, -0.15) is 0 Å². The standard InChI is InChI=1S/C18H22N6O/c1-13-15(14-7-5-4-6-8-14)19-17(22(2)3)24-16(13)20-21-18(24)23-9-11-25-12-10-23/h4-8H,9-12H2,1-3H3. The molecule has 1 fully saturated rings. The number of benzene rings is 1. The highest BCUT2D eigenvalue weighted by Gasteiger charge is 2.23. The minimum atomic E-state index is 0.709. The second-order valence-corrected chi connectivity index (χ2v) is 6.40. The van der Waals surface area contributed by atoms with Gasteiger partial charge < -0.3 is 14.5 Å². The Morgan fingerprint density at radius 2 is 1.76 bits per heavy atom. The molecule has 0 spiro atoms. The van der Waals surface area contributed by atoms with Crippen LogP contribution >= 0.6 is 0 Å². The largest absolute Gasteiger partial charge is 0.378 e. The van der Waals surface area contributed by atoms with Crippen molar-refractivity contribution in [2.45, 2.75) is 6.92 Å². The molecule has 0 aliphatic carbocycles. The lowest BCUT2D eigenvalue weighted by Crippen LogP contribution is -2.37. The summed E-state index contributed by atoms with van der Waals surface area (Å²) in [5.74, 6) is 1.66. The van der Waals surface area contributed by atoms with Gasteiger partial charge in [0, 0.05) is 38.3 Å². The molecule has 0 N–H and O–H groups in total. The number of hydrogen-bond donors (Lipinski definition) is 0. The molecule has 1 aromatic carbocycles. The summed E-state index contributed by atoms with van der Waals surface area (Å²) in [6.07, 6.45) is 0. The van der Waals surface area contributed by atoms with Gasteiger partial charge in [-0.1, -0.05) is 30.3 Å². The van der Waals surface area contributed by atoms with Crippen LogP contribution in [0.4, 0.5) is 11.9 Å². The molecule has 3 heterocycles. The summed E-state index contributed by atoms with van der Waals surface area (Å²) >= 11 is 0. The number of rotatable bonds is 3. The molecule has 2 aromatic heterocycles. The first-order valence-electron chi connectivity index (χ1n) is 8.48. The average Bonchev–Trinajstić information content (AvgIpc) is 3.09. The number of aromatic nitrogens is 4. The molecule has 1 saturated heterocycles. The smallest absolute Gasteiger partial charge is 0.234 e.